The summed E-state index contributed by atoms with van der Waals surface area (Å²) in [6, 6.07) is 0. The highest BCUT2D eigenvalue weighted by Gasteiger charge is 2.01. The van der Waals surface area contributed by atoms with Crippen LogP contribution in [0, 0.1) is 0 Å². The van der Waals surface area contributed by atoms with Gasteiger partial charge < -0.3 is 15.2 Å². The van der Waals surface area contributed by atoms with Crippen molar-refractivity contribution in [2.75, 3.05) is 33.9 Å². The van der Waals surface area contributed by atoms with Crippen molar-refractivity contribution in [1.82, 2.24) is 10.6 Å². The maximum absolute atomic E-state index is 8.68. The van der Waals surface area contributed by atoms with Crippen LogP contribution in [0.15, 0.2) is 0 Å². The molecule has 11 heavy (non-hydrogen) atoms. The molecule has 3 N–H and O–H groups in total. The van der Waals surface area contributed by atoms with Gasteiger partial charge in [-0.25, -0.2) is 0 Å². The molecule has 0 fully saturated rings. The van der Waals surface area contributed by atoms with Crippen molar-refractivity contribution in [2.24, 2.45) is 0 Å². The fourth-order valence-electron chi connectivity index (χ4n) is 0.702. The van der Waals surface area contributed by atoms with Gasteiger partial charge in [-0.2, -0.15) is 0 Å². The third-order valence-electron chi connectivity index (χ3n) is 1.38. The van der Waals surface area contributed by atoms with Gasteiger partial charge in [0, 0.05) is 6.61 Å². The average molecular weight is 162 g/mol. The zero-order valence-corrected chi connectivity index (χ0v) is 7.26. The molecule has 0 aromatic carbocycles. The standard InChI is InChI=1S/C7H18N2O2/c1-8-4-3-5-11-7(6-10)9-2/h7-10H,3-6H2,1-2H3. The van der Waals surface area contributed by atoms with Crippen LogP contribution in [0.3, 0.4) is 0 Å². The number of hydrogen-bond acceptors (Lipinski definition) is 4. The Labute approximate surface area is 67.9 Å². The summed E-state index contributed by atoms with van der Waals surface area (Å²) in [6.45, 7) is 1.64. The van der Waals surface area contributed by atoms with Crippen LogP contribution in [0.2, 0.25) is 0 Å². The fourth-order valence-corrected chi connectivity index (χ4v) is 0.702. The predicted octanol–water partition coefficient (Wildman–Crippen LogP) is -0.850. The minimum absolute atomic E-state index is 0.0239. The molecule has 0 rings (SSSR count). The van der Waals surface area contributed by atoms with Crippen molar-refractivity contribution < 1.29 is 9.84 Å². The molecule has 4 nitrogen and oxygen atoms in total. The van der Waals surface area contributed by atoms with E-state index >= 15 is 0 Å². The number of aliphatic hydroxyl groups is 1. The molecule has 0 aromatic rings. The number of rotatable bonds is 7. The highest BCUT2D eigenvalue weighted by Crippen LogP contribution is 1.86. The zero-order valence-electron chi connectivity index (χ0n) is 7.26. The smallest absolute Gasteiger partial charge is 0.131 e. The molecule has 0 aliphatic carbocycles. The minimum atomic E-state index is -0.216. The average Bonchev–Trinajstić information content (AvgIpc) is 2.05. The molecule has 0 bridgehead atoms. The Morgan fingerprint density at radius 3 is 2.64 bits per heavy atom. The van der Waals surface area contributed by atoms with E-state index in [9.17, 15) is 0 Å². The third kappa shape index (κ3) is 6.25. The lowest BCUT2D eigenvalue weighted by molar-refractivity contribution is -0.00394. The summed E-state index contributed by atoms with van der Waals surface area (Å²) in [4.78, 5) is 0. The fraction of sp³-hybridized carbons (Fsp3) is 1.00. The number of nitrogens with one attached hydrogen (secondary N) is 2. The molecule has 0 aliphatic heterocycles. The minimum Gasteiger partial charge on any atom is -0.392 e. The van der Waals surface area contributed by atoms with Gasteiger partial charge in [-0.3, -0.25) is 5.32 Å². The van der Waals surface area contributed by atoms with E-state index < -0.39 is 0 Å². The number of aliphatic hydroxyl groups excluding tert-OH is 1. The molecule has 0 radical (unpaired) electrons. The van der Waals surface area contributed by atoms with Crippen molar-refractivity contribution in [2.45, 2.75) is 12.6 Å². The van der Waals surface area contributed by atoms with Gasteiger partial charge in [0.15, 0.2) is 0 Å². The summed E-state index contributed by atoms with van der Waals surface area (Å²) >= 11 is 0. The molecule has 0 saturated carbocycles. The number of ether oxygens (including phenoxy) is 1. The van der Waals surface area contributed by atoms with Gasteiger partial charge in [-0.1, -0.05) is 0 Å². The Kier molecular flexibility index (Phi) is 7.83. The first kappa shape index (κ1) is 10.8. The van der Waals surface area contributed by atoms with Crippen LogP contribution in [0.4, 0.5) is 0 Å². The molecule has 0 saturated heterocycles. The van der Waals surface area contributed by atoms with Gasteiger partial charge in [0.25, 0.3) is 0 Å². The van der Waals surface area contributed by atoms with Crippen LogP contribution >= 0.6 is 0 Å². The lowest BCUT2D eigenvalue weighted by Crippen LogP contribution is -2.32. The molecule has 4 heteroatoms. The Morgan fingerprint density at radius 2 is 2.18 bits per heavy atom. The zero-order chi connectivity index (χ0) is 8.53. The van der Waals surface area contributed by atoms with E-state index in [0.29, 0.717) is 6.61 Å². The van der Waals surface area contributed by atoms with E-state index in [4.69, 9.17) is 9.84 Å². The summed E-state index contributed by atoms with van der Waals surface area (Å²) in [6.07, 6.45) is 0.751. The summed E-state index contributed by atoms with van der Waals surface area (Å²) < 4.78 is 5.24. The second-order valence-corrected chi connectivity index (χ2v) is 2.29. The lowest BCUT2D eigenvalue weighted by atomic mass is 10.4. The van der Waals surface area contributed by atoms with Crippen molar-refractivity contribution in [3.63, 3.8) is 0 Å². The second-order valence-electron chi connectivity index (χ2n) is 2.29. The summed E-state index contributed by atoms with van der Waals surface area (Å²) in [7, 11) is 3.67. The van der Waals surface area contributed by atoms with Crippen LogP contribution in [0.1, 0.15) is 6.42 Å². The molecule has 0 amide bonds. The summed E-state index contributed by atoms with van der Waals surface area (Å²) in [5, 5.41) is 14.5. The van der Waals surface area contributed by atoms with E-state index in [2.05, 4.69) is 10.6 Å². The Balaban J connectivity index is 3.07. The van der Waals surface area contributed by atoms with Gasteiger partial charge in [0.1, 0.15) is 6.23 Å². The molecular formula is C7H18N2O2. The largest absolute Gasteiger partial charge is 0.392 e. The Morgan fingerprint density at radius 1 is 1.45 bits per heavy atom. The molecule has 1 unspecified atom stereocenters. The van der Waals surface area contributed by atoms with Crippen LogP contribution in [0.5, 0.6) is 0 Å². The molecule has 0 spiro atoms. The third-order valence-corrected chi connectivity index (χ3v) is 1.38. The van der Waals surface area contributed by atoms with Crippen molar-refractivity contribution in [1.29, 1.82) is 0 Å². The van der Waals surface area contributed by atoms with Crippen LogP contribution in [-0.4, -0.2) is 45.2 Å². The molecule has 0 heterocycles. The summed E-state index contributed by atoms with van der Waals surface area (Å²) in [5.41, 5.74) is 0. The second kappa shape index (κ2) is 7.94. The molecule has 0 aromatic heterocycles. The van der Waals surface area contributed by atoms with E-state index in [1.54, 1.807) is 7.05 Å². The highest BCUT2D eigenvalue weighted by atomic mass is 16.5. The lowest BCUT2D eigenvalue weighted by Gasteiger charge is -2.13. The van der Waals surface area contributed by atoms with E-state index in [-0.39, 0.29) is 12.8 Å². The van der Waals surface area contributed by atoms with E-state index in [0.717, 1.165) is 13.0 Å². The van der Waals surface area contributed by atoms with Gasteiger partial charge in [-0.15, -0.1) is 0 Å². The van der Waals surface area contributed by atoms with Crippen molar-refractivity contribution in [3.8, 4) is 0 Å². The van der Waals surface area contributed by atoms with Crippen molar-refractivity contribution >= 4 is 0 Å². The molecule has 0 aliphatic rings. The monoisotopic (exact) mass is 162 g/mol. The van der Waals surface area contributed by atoms with Crippen LogP contribution in [-0.2, 0) is 4.74 Å². The first-order chi connectivity index (χ1) is 5.35. The SMILES string of the molecule is CNCCCOC(CO)NC. The number of likely N-dealkylation sites (N-methyl/N-ethyl adjacent to an activating group) is 1. The summed E-state index contributed by atoms with van der Waals surface area (Å²) in [5.74, 6) is 0. The van der Waals surface area contributed by atoms with Gasteiger partial charge in [0.2, 0.25) is 0 Å². The maximum Gasteiger partial charge on any atom is 0.131 e. The molecular weight excluding hydrogens is 144 g/mol. The van der Waals surface area contributed by atoms with E-state index in [1.165, 1.54) is 0 Å². The highest BCUT2D eigenvalue weighted by molar-refractivity contribution is 4.48. The van der Waals surface area contributed by atoms with Gasteiger partial charge in [0.05, 0.1) is 6.61 Å². The first-order valence-electron chi connectivity index (χ1n) is 3.89. The Bertz CT molecular complexity index is 76.8. The van der Waals surface area contributed by atoms with Crippen LogP contribution < -0.4 is 10.6 Å². The van der Waals surface area contributed by atoms with Gasteiger partial charge in [-0.05, 0) is 27.1 Å². The first-order valence-corrected chi connectivity index (χ1v) is 3.89. The quantitative estimate of drug-likeness (QED) is 0.337. The van der Waals surface area contributed by atoms with Crippen molar-refractivity contribution in [3.05, 3.63) is 0 Å². The van der Waals surface area contributed by atoms with Crippen LogP contribution in [0.25, 0.3) is 0 Å². The van der Waals surface area contributed by atoms with E-state index in [1.807, 2.05) is 7.05 Å². The predicted molar refractivity (Wildman–Crippen MR) is 44.4 cm³/mol. The Hall–Kier alpha value is -0.160. The van der Waals surface area contributed by atoms with Gasteiger partial charge >= 0.3 is 0 Å². The topological polar surface area (TPSA) is 53.5 Å². The normalized spacial score (nSPS) is 13.4. The maximum atomic E-state index is 8.68. The molecule has 1 atom stereocenters. The number of hydrogen-bond donors (Lipinski definition) is 3. The molecule has 68 valence electrons.